The number of nitrogens with one attached hydrogen (secondary N) is 1. The van der Waals surface area contributed by atoms with Crippen molar-refractivity contribution in [2.24, 2.45) is 5.92 Å². The molecule has 140 valence electrons. The molecule has 0 aliphatic carbocycles. The molecule has 1 N–H and O–H groups in total. The Hall–Kier alpha value is -2.51. The molecule has 3 aromatic rings. The minimum atomic E-state index is -0.0709. The maximum atomic E-state index is 12.0. The number of piperidine rings is 1. The van der Waals surface area contributed by atoms with E-state index in [0.717, 1.165) is 48.7 Å². The zero-order valence-corrected chi connectivity index (χ0v) is 15.8. The highest BCUT2D eigenvalue weighted by molar-refractivity contribution is 7.13. The molecule has 27 heavy (non-hydrogen) atoms. The normalized spacial score (nSPS) is 17.7. The van der Waals surface area contributed by atoms with Gasteiger partial charge >= 0.3 is 0 Å². The van der Waals surface area contributed by atoms with Gasteiger partial charge in [-0.3, -0.25) is 9.69 Å². The molecule has 1 amide bonds. The SMILES string of the molecule is O=C(NCC1CCCN(Cc2cnc(-c3cccs3)nc2)C1)c1ccoc1. The molecular weight excluding hydrogens is 360 g/mol. The number of nitrogens with zero attached hydrogens (tertiary/aromatic N) is 3. The van der Waals surface area contributed by atoms with Crippen LogP contribution in [-0.4, -0.2) is 40.4 Å². The van der Waals surface area contributed by atoms with Crippen molar-refractivity contribution < 1.29 is 9.21 Å². The second-order valence-corrected chi connectivity index (χ2v) is 7.81. The van der Waals surface area contributed by atoms with Crippen molar-refractivity contribution in [2.75, 3.05) is 19.6 Å². The van der Waals surface area contributed by atoms with Crippen LogP contribution in [-0.2, 0) is 6.54 Å². The largest absolute Gasteiger partial charge is 0.472 e. The Morgan fingerprint density at radius 3 is 2.96 bits per heavy atom. The fourth-order valence-corrected chi connectivity index (χ4v) is 4.09. The number of carbonyl (C=O) groups is 1. The summed E-state index contributed by atoms with van der Waals surface area (Å²) in [4.78, 5) is 24.6. The predicted molar refractivity (Wildman–Crippen MR) is 104 cm³/mol. The molecule has 0 radical (unpaired) electrons. The lowest BCUT2D eigenvalue weighted by Crippen LogP contribution is -2.40. The number of furan rings is 1. The third-order valence-electron chi connectivity index (χ3n) is 4.79. The molecule has 7 heteroatoms. The van der Waals surface area contributed by atoms with Gasteiger partial charge in [-0.1, -0.05) is 6.07 Å². The van der Waals surface area contributed by atoms with Gasteiger partial charge in [0.05, 0.1) is 16.7 Å². The molecule has 4 heterocycles. The van der Waals surface area contributed by atoms with Gasteiger partial charge in [-0.05, 0) is 42.8 Å². The maximum absolute atomic E-state index is 12.0. The highest BCUT2D eigenvalue weighted by Crippen LogP contribution is 2.21. The Morgan fingerprint density at radius 1 is 1.33 bits per heavy atom. The third-order valence-corrected chi connectivity index (χ3v) is 5.66. The number of aromatic nitrogens is 2. The van der Waals surface area contributed by atoms with Crippen molar-refractivity contribution in [2.45, 2.75) is 19.4 Å². The molecule has 1 aliphatic heterocycles. The molecule has 0 aromatic carbocycles. The Balaban J connectivity index is 1.28. The Bertz CT molecular complexity index is 847. The molecule has 1 fully saturated rings. The first-order valence-corrected chi connectivity index (χ1v) is 10.0. The summed E-state index contributed by atoms with van der Waals surface area (Å²) < 4.78 is 4.96. The molecule has 1 atom stereocenters. The smallest absolute Gasteiger partial charge is 0.254 e. The van der Waals surface area contributed by atoms with Crippen LogP contribution in [0.2, 0.25) is 0 Å². The van der Waals surface area contributed by atoms with Crippen LogP contribution in [0.15, 0.2) is 52.9 Å². The van der Waals surface area contributed by atoms with Crippen LogP contribution < -0.4 is 5.32 Å². The minimum Gasteiger partial charge on any atom is -0.472 e. The number of amides is 1. The minimum absolute atomic E-state index is 0.0709. The van der Waals surface area contributed by atoms with Gasteiger partial charge in [0.15, 0.2) is 5.82 Å². The molecule has 1 unspecified atom stereocenters. The van der Waals surface area contributed by atoms with Crippen molar-refractivity contribution in [3.63, 3.8) is 0 Å². The summed E-state index contributed by atoms with van der Waals surface area (Å²) >= 11 is 1.65. The molecule has 1 saturated heterocycles. The van der Waals surface area contributed by atoms with Crippen LogP contribution >= 0.6 is 11.3 Å². The van der Waals surface area contributed by atoms with E-state index < -0.39 is 0 Å². The van der Waals surface area contributed by atoms with E-state index in [9.17, 15) is 4.79 Å². The first-order valence-electron chi connectivity index (χ1n) is 9.15. The molecular formula is C20H22N4O2S. The van der Waals surface area contributed by atoms with Crippen molar-refractivity contribution in [3.05, 3.63) is 59.6 Å². The average molecular weight is 382 g/mol. The monoisotopic (exact) mass is 382 g/mol. The summed E-state index contributed by atoms with van der Waals surface area (Å²) in [5.41, 5.74) is 1.70. The fourth-order valence-electron chi connectivity index (χ4n) is 3.42. The molecule has 0 spiro atoms. The van der Waals surface area contributed by atoms with Crippen molar-refractivity contribution in [1.29, 1.82) is 0 Å². The quantitative estimate of drug-likeness (QED) is 0.707. The average Bonchev–Trinajstić information content (AvgIpc) is 3.41. The van der Waals surface area contributed by atoms with Gasteiger partial charge in [0.25, 0.3) is 5.91 Å². The maximum Gasteiger partial charge on any atom is 0.254 e. The van der Waals surface area contributed by atoms with Gasteiger partial charge < -0.3 is 9.73 Å². The van der Waals surface area contributed by atoms with Gasteiger partial charge in [-0.15, -0.1) is 11.3 Å². The summed E-state index contributed by atoms with van der Waals surface area (Å²) in [6, 6.07) is 5.73. The van der Waals surface area contributed by atoms with E-state index in [0.29, 0.717) is 18.0 Å². The number of thiophene rings is 1. The van der Waals surface area contributed by atoms with E-state index in [2.05, 4.69) is 20.2 Å². The van der Waals surface area contributed by atoms with Crippen LogP contribution in [0.3, 0.4) is 0 Å². The molecule has 3 aromatic heterocycles. The second kappa shape index (κ2) is 8.45. The molecule has 4 rings (SSSR count). The predicted octanol–water partition coefficient (Wildman–Crippen LogP) is 3.44. The van der Waals surface area contributed by atoms with E-state index in [-0.39, 0.29) is 5.91 Å². The number of carbonyl (C=O) groups excluding carboxylic acids is 1. The number of rotatable bonds is 6. The summed E-state index contributed by atoms with van der Waals surface area (Å²) in [6.45, 7) is 3.57. The van der Waals surface area contributed by atoms with Crippen molar-refractivity contribution in [1.82, 2.24) is 20.2 Å². The highest BCUT2D eigenvalue weighted by Gasteiger charge is 2.21. The zero-order valence-electron chi connectivity index (χ0n) is 15.0. The standard InChI is InChI=1S/C20H22N4O2S/c25-20(17-5-7-26-14-17)23-9-15-3-1-6-24(12-15)13-16-10-21-19(22-11-16)18-4-2-8-27-18/h2,4-5,7-8,10-11,14-15H,1,3,6,9,12-13H2,(H,23,25). The lowest BCUT2D eigenvalue weighted by Gasteiger charge is -2.32. The van der Waals surface area contributed by atoms with Crippen molar-refractivity contribution in [3.8, 4) is 10.7 Å². The zero-order chi connectivity index (χ0) is 18.5. The first-order chi connectivity index (χ1) is 13.3. The molecule has 0 bridgehead atoms. The second-order valence-electron chi connectivity index (χ2n) is 6.86. The van der Waals surface area contributed by atoms with Crippen LogP contribution in [0, 0.1) is 5.92 Å². The summed E-state index contributed by atoms with van der Waals surface area (Å²) in [5, 5.41) is 5.05. The molecule has 6 nitrogen and oxygen atoms in total. The topological polar surface area (TPSA) is 71.3 Å². The van der Waals surface area contributed by atoms with Crippen LogP contribution in [0.5, 0.6) is 0 Å². The molecule has 1 aliphatic rings. The van der Waals surface area contributed by atoms with Crippen LogP contribution in [0.4, 0.5) is 0 Å². The Labute approximate surface area is 162 Å². The highest BCUT2D eigenvalue weighted by atomic mass is 32.1. The van der Waals surface area contributed by atoms with Gasteiger partial charge in [0, 0.05) is 37.6 Å². The van der Waals surface area contributed by atoms with Gasteiger partial charge in [0.1, 0.15) is 6.26 Å². The first kappa shape index (κ1) is 17.9. The van der Waals surface area contributed by atoms with E-state index >= 15 is 0 Å². The van der Waals surface area contributed by atoms with Crippen LogP contribution in [0.1, 0.15) is 28.8 Å². The lowest BCUT2D eigenvalue weighted by molar-refractivity contribution is 0.0930. The summed E-state index contributed by atoms with van der Waals surface area (Å²) in [5.74, 6) is 1.17. The van der Waals surface area contributed by atoms with Gasteiger partial charge in [-0.2, -0.15) is 0 Å². The van der Waals surface area contributed by atoms with E-state index in [1.54, 1.807) is 17.4 Å². The fraction of sp³-hybridized carbons (Fsp3) is 0.350. The van der Waals surface area contributed by atoms with E-state index in [1.807, 2.05) is 29.9 Å². The summed E-state index contributed by atoms with van der Waals surface area (Å²) in [7, 11) is 0. The Morgan fingerprint density at radius 2 is 2.22 bits per heavy atom. The van der Waals surface area contributed by atoms with Gasteiger partial charge in [0.2, 0.25) is 0 Å². The Kier molecular flexibility index (Phi) is 5.60. The number of hydrogen-bond donors (Lipinski definition) is 1. The van der Waals surface area contributed by atoms with Crippen molar-refractivity contribution >= 4 is 17.2 Å². The van der Waals surface area contributed by atoms with E-state index in [4.69, 9.17) is 4.42 Å². The third kappa shape index (κ3) is 4.61. The number of likely N-dealkylation sites (tertiary alicyclic amines) is 1. The lowest BCUT2D eigenvalue weighted by atomic mass is 9.97. The van der Waals surface area contributed by atoms with Gasteiger partial charge in [-0.25, -0.2) is 9.97 Å². The summed E-state index contributed by atoms with van der Waals surface area (Å²) in [6.07, 6.45) is 9.11. The van der Waals surface area contributed by atoms with E-state index in [1.165, 1.54) is 12.5 Å². The molecule has 0 saturated carbocycles. The number of hydrogen-bond acceptors (Lipinski definition) is 6. The van der Waals surface area contributed by atoms with Crippen LogP contribution in [0.25, 0.3) is 10.7 Å².